The third-order valence-electron chi connectivity index (χ3n) is 4.41. The van der Waals surface area contributed by atoms with E-state index in [-0.39, 0.29) is 30.8 Å². The standard InChI is InChI=1S/C20H26O6/c1-19(2,18(24)25)11-9-16(22)14-5-7-15(8-6-14)17(23)10-12-20(3,4)26-13-21/h5-8,13H,9-12H2,1-4H3,(H,24,25). The first kappa shape index (κ1) is 21.5. The highest BCUT2D eigenvalue weighted by Crippen LogP contribution is 2.24. The zero-order valence-corrected chi connectivity index (χ0v) is 15.7. The number of carbonyl (C=O) groups is 4. The first-order valence-corrected chi connectivity index (χ1v) is 8.50. The third kappa shape index (κ3) is 6.43. The highest BCUT2D eigenvalue weighted by molar-refractivity contribution is 5.99. The van der Waals surface area contributed by atoms with Gasteiger partial charge in [-0.3, -0.25) is 19.2 Å². The molecule has 0 aliphatic rings. The summed E-state index contributed by atoms with van der Waals surface area (Å²) in [5, 5.41) is 9.09. The first-order valence-electron chi connectivity index (χ1n) is 8.50. The number of ketones is 2. The summed E-state index contributed by atoms with van der Waals surface area (Å²) in [6, 6.07) is 6.34. The molecule has 26 heavy (non-hydrogen) atoms. The van der Waals surface area contributed by atoms with Gasteiger partial charge in [-0.05, 0) is 40.5 Å². The Labute approximate surface area is 153 Å². The second kappa shape index (κ2) is 8.74. The van der Waals surface area contributed by atoms with Gasteiger partial charge in [-0.1, -0.05) is 24.3 Å². The average molecular weight is 362 g/mol. The van der Waals surface area contributed by atoms with E-state index in [0.717, 1.165) is 0 Å². The molecule has 0 heterocycles. The van der Waals surface area contributed by atoms with E-state index in [2.05, 4.69) is 0 Å². The lowest BCUT2D eigenvalue weighted by Crippen LogP contribution is -2.24. The maximum Gasteiger partial charge on any atom is 0.309 e. The van der Waals surface area contributed by atoms with Gasteiger partial charge in [-0.15, -0.1) is 0 Å². The van der Waals surface area contributed by atoms with Gasteiger partial charge < -0.3 is 9.84 Å². The second-order valence-corrected chi connectivity index (χ2v) is 7.59. The highest BCUT2D eigenvalue weighted by atomic mass is 16.5. The molecule has 0 saturated heterocycles. The van der Waals surface area contributed by atoms with Gasteiger partial charge in [-0.25, -0.2) is 0 Å². The minimum absolute atomic E-state index is 0.0985. The Morgan fingerprint density at radius 3 is 1.73 bits per heavy atom. The molecule has 0 radical (unpaired) electrons. The van der Waals surface area contributed by atoms with E-state index in [1.807, 2.05) is 0 Å². The smallest absolute Gasteiger partial charge is 0.309 e. The average Bonchev–Trinajstić information content (AvgIpc) is 2.57. The van der Waals surface area contributed by atoms with Gasteiger partial charge in [0.15, 0.2) is 11.6 Å². The van der Waals surface area contributed by atoms with Crippen molar-refractivity contribution in [3.8, 4) is 0 Å². The number of hydrogen-bond acceptors (Lipinski definition) is 5. The summed E-state index contributed by atoms with van der Waals surface area (Å²) in [6.07, 6.45) is 0.994. The van der Waals surface area contributed by atoms with Crippen molar-refractivity contribution in [1.82, 2.24) is 0 Å². The number of carbonyl (C=O) groups excluding carboxylic acids is 3. The molecule has 0 bridgehead atoms. The quantitative estimate of drug-likeness (QED) is 0.476. The molecule has 1 aromatic rings. The molecule has 6 nitrogen and oxygen atoms in total. The van der Waals surface area contributed by atoms with Crippen LogP contribution in [0.5, 0.6) is 0 Å². The topological polar surface area (TPSA) is 97.7 Å². The van der Waals surface area contributed by atoms with Crippen molar-refractivity contribution in [2.45, 2.75) is 59.0 Å². The van der Waals surface area contributed by atoms with Crippen molar-refractivity contribution < 1.29 is 29.0 Å². The largest absolute Gasteiger partial charge is 0.481 e. The van der Waals surface area contributed by atoms with Crippen LogP contribution in [0.4, 0.5) is 0 Å². The van der Waals surface area contributed by atoms with Gasteiger partial charge >= 0.3 is 5.97 Å². The number of ether oxygens (including phenoxy) is 1. The lowest BCUT2D eigenvalue weighted by Gasteiger charge is -2.21. The van der Waals surface area contributed by atoms with Crippen molar-refractivity contribution in [2.24, 2.45) is 5.41 Å². The predicted octanol–water partition coefficient (Wildman–Crippen LogP) is 3.67. The number of rotatable bonds is 11. The Kier molecular flexibility index (Phi) is 7.24. The van der Waals surface area contributed by atoms with Crippen LogP contribution in [0, 0.1) is 5.41 Å². The molecule has 0 saturated carbocycles. The summed E-state index contributed by atoms with van der Waals surface area (Å²) < 4.78 is 4.92. The van der Waals surface area contributed by atoms with Gasteiger partial charge in [0.1, 0.15) is 5.60 Å². The molecule has 0 atom stereocenters. The Morgan fingerprint density at radius 1 is 0.923 bits per heavy atom. The minimum atomic E-state index is -0.956. The number of aliphatic carboxylic acids is 1. The normalized spacial score (nSPS) is 11.7. The van der Waals surface area contributed by atoms with Gasteiger partial charge in [0.2, 0.25) is 0 Å². The van der Waals surface area contributed by atoms with Gasteiger partial charge in [-0.2, -0.15) is 0 Å². The van der Waals surface area contributed by atoms with Crippen molar-refractivity contribution >= 4 is 24.0 Å². The molecule has 1 aromatic carbocycles. The fourth-order valence-corrected chi connectivity index (χ4v) is 2.27. The van der Waals surface area contributed by atoms with Crippen LogP contribution >= 0.6 is 0 Å². The van der Waals surface area contributed by atoms with Crippen LogP contribution in [0.25, 0.3) is 0 Å². The molecule has 0 aliphatic heterocycles. The summed E-state index contributed by atoms with van der Waals surface area (Å²) in [7, 11) is 0. The highest BCUT2D eigenvalue weighted by Gasteiger charge is 2.27. The third-order valence-corrected chi connectivity index (χ3v) is 4.41. The zero-order valence-electron chi connectivity index (χ0n) is 15.7. The SMILES string of the molecule is CC(C)(CCC(=O)c1ccc(C(=O)CCC(C)(C)C(=O)O)cc1)OC=O. The molecular weight excluding hydrogens is 336 g/mol. The van der Waals surface area contributed by atoms with Crippen LogP contribution in [-0.2, 0) is 14.3 Å². The molecule has 6 heteroatoms. The molecule has 0 amide bonds. The van der Waals surface area contributed by atoms with Gasteiger partial charge in [0, 0.05) is 24.0 Å². The van der Waals surface area contributed by atoms with E-state index in [9.17, 15) is 19.2 Å². The monoisotopic (exact) mass is 362 g/mol. The van der Waals surface area contributed by atoms with E-state index in [0.29, 0.717) is 24.0 Å². The van der Waals surface area contributed by atoms with Gasteiger partial charge in [0.05, 0.1) is 5.41 Å². The molecule has 142 valence electrons. The number of hydrogen-bond donors (Lipinski definition) is 1. The first-order chi connectivity index (χ1) is 12.0. The van der Waals surface area contributed by atoms with Gasteiger partial charge in [0.25, 0.3) is 6.47 Å². The summed E-state index contributed by atoms with van der Waals surface area (Å²) in [5.74, 6) is -1.19. The Morgan fingerprint density at radius 2 is 1.35 bits per heavy atom. The lowest BCUT2D eigenvalue weighted by atomic mass is 9.86. The number of carboxylic acids is 1. The second-order valence-electron chi connectivity index (χ2n) is 7.59. The molecule has 0 unspecified atom stereocenters. The maximum atomic E-state index is 12.2. The summed E-state index contributed by atoms with van der Waals surface area (Å²) in [6.45, 7) is 7.00. The fraction of sp³-hybridized carbons (Fsp3) is 0.500. The molecule has 0 aromatic heterocycles. The number of Topliss-reactive ketones (excluding diaryl/α,β-unsaturated/α-hetero) is 2. The fourth-order valence-electron chi connectivity index (χ4n) is 2.27. The summed E-state index contributed by atoms with van der Waals surface area (Å²) in [5.41, 5.74) is -0.728. The van der Waals surface area contributed by atoms with E-state index < -0.39 is 17.0 Å². The predicted molar refractivity (Wildman–Crippen MR) is 96.2 cm³/mol. The molecule has 1 N–H and O–H groups in total. The molecule has 0 aliphatic carbocycles. The van der Waals surface area contributed by atoms with Crippen molar-refractivity contribution in [3.63, 3.8) is 0 Å². The Balaban J connectivity index is 2.65. The molecule has 0 fully saturated rings. The van der Waals surface area contributed by atoms with Crippen LogP contribution in [0.2, 0.25) is 0 Å². The molecular formula is C20H26O6. The minimum Gasteiger partial charge on any atom is -0.481 e. The van der Waals surface area contributed by atoms with E-state index in [1.165, 1.54) is 0 Å². The van der Waals surface area contributed by atoms with Crippen LogP contribution < -0.4 is 0 Å². The molecule has 1 rings (SSSR count). The van der Waals surface area contributed by atoms with Crippen LogP contribution in [0.15, 0.2) is 24.3 Å². The van der Waals surface area contributed by atoms with E-state index in [4.69, 9.17) is 9.84 Å². The summed E-state index contributed by atoms with van der Waals surface area (Å²) >= 11 is 0. The summed E-state index contributed by atoms with van der Waals surface area (Å²) in [4.78, 5) is 45.9. The van der Waals surface area contributed by atoms with Crippen molar-refractivity contribution in [3.05, 3.63) is 35.4 Å². The Bertz CT molecular complexity index is 670. The maximum absolute atomic E-state index is 12.2. The number of carboxylic acid groups (broad SMARTS) is 1. The molecule has 0 spiro atoms. The zero-order chi connectivity index (χ0) is 20.0. The van der Waals surface area contributed by atoms with Crippen molar-refractivity contribution in [2.75, 3.05) is 0 Å². The van der Waals surface area contributed by atoms with E-state index in [1.54, 1.807) is 52.0 Å². The number of benzene rings is 1. The Hall–Kier alpha value is -2.50. The lowest BCUT2D eigenvalue weighted by molar-refractivity contribution is -0.147. The van der Waals surface area contributed by atoms with Crippen LogP contribution in [-0.4, -0.2) is 34.7 Å². The van der Waals surface area contributed by atoms with Crippen molar-refractivity contribution in [1.29, 1.82) is 0 Å². The van der Waals surface area contributed by atoms with Crippen LogP contribution in [0.1, 0.15) is 74.1 Å². The van der Waals surface area contributed by atoms with Crippen LogP contribution in [0.3, 0.4) is 0 Å². The van der Waals surface area contributed by atoms with E-state index >= 15 is 0 Å².